The highest BCUT2D eigenvalue weighted by molar-refractivity contribution is 5.98. The van der Waals surface area contributed by atoms with Crippen molar-refractivity contribution in [1.82, 2.24) is 15.1 Å². The number of nitrogens with zero attached hydrogens (tertiary/aromatic N) is 2. The summed E-state index contributed by atoms with van der Waals surface area (Å²) in [6, 6.07) is 8.45. The van der Waals surface area contributed by atoms with Gasteiger partial charge in [0.15, 0.2) is 0 Å². The summed E-state index contributed by atoms with van der Waals surface area (Å²) in [6.45, 7) is 1.98. The molecule has 0 aliphatic heterocycles. The standard InChI is InChI=1S/C16H20N4O/c1-3-13-14(17)15(20(2)19-13)16(21)18-12-8-10-6-4-5-7-11(10)9-12/h4-7,12H,3,8-9,17H2,1-2H3,(H,18,21). The van der Waals surface area contributed by atoms with Crippen LogP contribution in [0, 0.1) is 0 Å². The molecule has 1 amide bonds. The fraction of sp³-hybridized carbons (Fsp3) is 0.375. The van der Waals surface area contributed by atoms with Crippen LogP contribution in [0.1, 0.15) is 34.2 Å². The monoisotopic (exact) mass is 284 g/mol. The zero-order valence-electron chi connectivity index (χ0n) is 12.4. The number of carbonyl (C=O) groups is 1. The third kappa shape index (κ3) is 2.39. The number of nitrogen functional groups attached to an aromatic ring is 1. The maximum Gasteiger partial charge on any atom is 0.271 e. The largest absolute Gasteiger partial charge is 0.395 e. The molecule has 1 aliphatic rings. The van der Waals surface area contributed by atoms with Crippen molar-refractivity contribution in [2.45, 2.75) is 32.2 Å². The number of hydrogen-bond donors (Lipinski definition) is 2. The third-order valence-corrected chi connectivity index (χ3v) is 4.10. The van der Waals surface area contributed by atoms with Crippen LogP contribution in [0.5, 0.6) is 0 Å². The van der Waals surface area contributed by atoms with Crippen molar-refractivity contribution in [2.75, 3.05) is 5.73 Å². The van der Waals surface area contributed by atoms with E-state index in [0.717, 1.165) is 25.0 Å². The Bertz CT molecular complexity index is 665. The van der Waals surface area contributed by atoms with Gasteiger partial charge < -0.3 is 11.1 Å². The van der Waals surface area contributed by atoms with Gasteiger partial charge in [0.2, 0.25) is 0 Å². The fourth-order valence-electron chi connectivity index (χ4n) is 3.04. The Kier molecular flexibility index (Phi) is 3.41. The molecular weight excluding hydrogens is 264 g/mol. The average Bonchev–Trinajstić information content (AvgIpc) is 2.98. The molecule has 3 rings (SSSR count). The van der Waals surface area contributed by atoms with Gasteiger partial charge in [-0.25, -0.2) is 0 Å². The Morgan fingerprint density at radius 1 is 1.38 bits per heavy atom. The highest BCUT2D eigenvalue weighted by atomic mass is 16.2. The molecular formula is C16H20N4O. The fourth-order valence-corrected chi connectivity index (χ4v) is 3.04. The van der Waals surface area contributed by atoms with Crippen molar-refractivity contribution in [1.29, 1.82) is 0 Å². The van der Waals surface area contributed by atoms with Gasteiger partial charge in [0.25, 0.3) is 5.91 Å². The Labute approximate surface area is 124 Å². The topological polar surface area (TPSA) is 72.9 Å². The molecule has 3 N–H and O–H groups in total. The van der Waals surface area contributed by atoms with Crippen LogP contribution in [0.4, 0.5) is 5.69 Å². The number of rotatable bonds is 3. The molecule has 1 aromatic heterocycles. The van der Waals surface area contributed by atoms with Gasteiger partial charge in [-0.3, -0.25) is 9.48 Å². The lowest BCUT2D eigenvalue weighted by Crippen LogP contribution is -2.36. The predicted molar refractivity (Wildman–Crippen MR) is 82.1 cm³/mol. The third-order valence-electron chi connectivity index (χ3n) is 4.10. The summed E-state index contributed by atoms with van der Waals surface area (Å²) >= 11 is 0. The van der Waals surface area contributed by atoms with Crippen LogP contribution in [0.15, 0.2) is 24.3 Å². The minimum absolute atomic E-state index is 0.134. The number of hydrogen-bond acceptors (Lipinski definition) is 3. The number of nitrogens with two attached hydrogens (primary N) is 1. The van der Waals surface area contributed by atoms with Gasteiger partial charge in [0.05, 0.1) is 11.4 Å². The quantitative estimate of drug-likeness (QED) is 0.896. The van der Waals surface area contributed by atoms with Crippen LogP contribution in [0.3, 0.4) is 0 Å². The predicted octanol–water partition coefficient (Wildman–Crippen LogP) is 1.46. The highest BCUT2D eigenvalue weighted by Gasteiger charge is 2.25. The van der Waals surface area contributed by atoms with Crippen LogP contribution < -0.4 is 11.1 Å². The zero-order chi connectivity index (χ0) is 15.0. The number of fused-ring (bicyclic) bond motifs is 1. The van der Waals surface area contributed by atoms with Gasteiger partial charge in [0, 0.05) is 13.1 Å². The first-order valence-electron chi connectivity index (χ1n) is 7.29. The highest BCUT2D eigenvalue weighted by Crippen LogP contribution is 2.23. The van der Waals surface area contributed by atoms with E-state index in [4.69, 9.17) is 5.73 Å². The lowest BCUT2D eigenvalue weighted by molar-refractivity contribution is 0.0930. The SMILES string of the molecule is CCc1nn(C)c(C(=O)NC2Cc3ccccc3C2)c1N. The Morgan fingerprint density at radius 2 is 2.00 bits per heavy atom. The molecule has 1 aliphatic carbocycles. The van der Waals surface area contributed by atoms with Crippen molar-refractivity contribution in [3.05, 3.63) is 46.8 Å². The summed E-state index contributed by atoms with van der Waals surface area (Å²) in [5, 5.41) is 7.38. The number of aromatic nitrogens is 2. The van der Waals surface area contributed by atoms with Crippen molar-refractivity contribution in [3.8, 4) is 0 Å². The minimum Gasteiger partial charge on any atom is -0.395 e. The van der Waals surface area contributed by atoms with Gasteiger partial charge in [0.1, 0.15) is 5.69 Å². The number of amides is 1. The average molecular weight is 284 g/mol. The second-order valence-electron chi connectivity index (χ2n) is 5.53. The van der Waals surface area contributed by atoms with Crippen molar-refractivity contribution >= 4 is 11.6 Å². The summed E-state index contributed by atoms with van der Waals surface area (Å²) in [5.74, 6) is -0.139. The molecule has 0 atom stereocenters. The minimum atomic E-state index is -0.139. The van der Waals surface area contributed by atoms with E-state index in [-0.39, 0.29) is 11.9 Å². The molecule has 110 valence electrons. The lowest BCUT2D eigenvalue weighted by atomic mass is 10.1. The van der Waals surface area contributed by atoms with E-state index in [0.29, 0.717) is 11.4 Å². The van der Waals surface area contributed by atoms with E-state index in [1.807, 2.05) is 19.1 Å². The smallest absolute Gasteiger partial charge is 0.271 e. The molecule has 0 unspecified atom stereocenters. The van der Waals surface area contributed by atoms with Crippen LogP contribution >= 0.6 is 0 Å². The van der Waals surface area contributed by atoms with Gasteiger partial charge in [-0.15, -0.1) is 0 Å². The molecule has 21 heavy (non-hydrogen) atoms. The van der Waals surface area contributed by atoms with Crippen LogP contribution in [-0.4, -0.2) is 21.7 Å². The molecule has 0 spiro atoms. The van der Waals surface area contributed by atoms with Crippen LogP contribution in [0.25, 0.3) is 0 Å². The summed E-state index contributed by atoms with van der Waals surface area (Å²) in [6.07, 6.45) is 2.47. The van der Waals surface area contributed by atoms with E-state index in [2.05, 4.69) is 22.5 Å². The summed E-state index contributed by atoms with van der Waals surface area (Å²) < 4.78 is 1.57. The number of nitrogens with one attached hydrogen (secondary N) is 1. The number of aryl methyl sites for hydroxylation is 2. The van der Waals surface area contributed by atoms with E-state index in [9.17, 15) is 4.79 Å². The van der Waals surface area contributed by atoms with E-state index in [1.165, 1.54) is 11.1 Å². The summed E-state index contributed by atoms with van der Waals surface area (Å²) in [7, 11) is 1.76. The second kappa shape index (κ2) is 5.24. The number of benzene rings is 1. The second-order valence-corrected chi connectivity index (χ2v) is 5.53. The van der Waals surface area contributed by atoms with Gasteiger partial charge in [-0.2, -0.15) is 5.10 Å². The van der Waals surface area contributed by atoms with Crippen molar-refractivity contribution < 1.29 is 4.79 Å². The maximum atomic E-state index is 12.5. The first-order valence-corrected chi connectivity index (χ1v) is 7.29. The molecule has 0 bridgehead atoms. The number of anilines is 1. The summed E-state index contributed by atoms with van der Waals surface area (Å²) in [4.78, 5) is 12.5. The molecule has 5 nitrogen and oxygen atoms in total. The van der Waals surface area contributed by atoms with Gasteiger partial charge in [-0.1, -0.05) is 31.2 Å². The van der Waals surface area contributed by atoms with E-state index < -0.39 is 0 Å². The zero-order valence-corrected chi connectivity index (χ0v) is 12.4. The Morgan fingerprint density at radius 3 is 2.52 bits per heavy atom. The maximum absolute atomic E-state index is 12.5. The Hall–Kier alpha value is -2.30. The van der Waals surface area contributed by atoms with Crippen LogP contribution in [0.2, 0.25) is 0 Å². The molecule has 0 fully saturated rings. The molecule has 5 heteroatoms. The normalized spacial score (nSPS) is 14.2. The molecule has 1 heterocycles. The first kappa shape index (κ1) is 13.7. The Balaban J connectivity index is 1.75. The number of carbonyl (C=O) groups excluding carboxylic acids is 1. The van der Waals surface area contributed by atoms with Crippen LogP contribution in [-0.2, 0) is 26.3 Å². The van der Waals surface area contributed by atoms with E-state index in [1.54, 1.807) is 11.7 Å². The van der Waals surface area contributed by atoms with E-state index >= 15 is 0 Å². The molecule has 0 saturated heterocycles. The first-order chi connectivity index (χ1) is 10.1. The lowest BCUT2D eigenvalue weighted by Gasteiger charge is -2.12. The van der Waals surface area contributed by atoms with Gasteiger partial charge in [-0.05, 0) is 30.4 Å². The molecule has 0 radical (unpaired) electrons. The molecule has 2 aromatic rings. The summed E-state index contributed by atoms with van der Waals surface area (Å²) in [5.41, 5.74) is 10.4. The molecule has 1 aromatic carbocycles. The van der Waals surface area contributed by atoms with Crippen molar-refractivity contribution in [3.63, 3.8) is 0 Å². The molecule has 0 saturated carbocycles. The van der Waals surface area contributed by atoms with Crippen molar-refractivity contribution in [2.24, 2.45) is 7.05 Å². The van der Waals surface area contributed by atoms with Gasteiger partial charge >= 0.3 is 0 Å².